The summed E-state index contributed by atoms with van der Waals surface area (Å²) in [4.78, 5) is 6.47. The number of ether oxygens (including phenoxy) is 3. The van der Waals surface area contributed by atoms with Crippen LogP contribution in [0, 0.1) is 11.7 Å². The zero-order valence-electron chi connectivity index (χ0n) is 16.0. The number of hydrogen-bond acceptors (Lipinski definition) is 4. The summed E-state index contributed by atoms with van der Waals surface area (Å²) in [5.41, 5.74) is 1.53. The highest BCUT2D eigenvalue weighted by molar-refractivity contribution is 14.0. The molecule has 1 N–H and O–H groups in total. The largest absolute Gasteiger partial charge is 0.467 e. The van der Waals surface area contributed by atoms with Gasteiger partial charge < -0.3 is 24.4 Å². The van der Waals surface area contributed by atoms with Crippen molar-refractivity contribution >= 4 is 29.9 Å². The quantitative estimate of drug-likeness (QED) is 0.388. The lowest BCUT2D eigenvalue weighted by Gasteiger charge is -2.27. The van der Waals surface area contributed by atoms with Crippen LogP contribution in [0.5, 0.6) is 5.75 Å². The van der Waals surface area contributed by atoms with Crippen molar-refractivity contribution in [1.82, 2.24) is 10.2 Å². The fraction of sp³-hybridized carbons (Fsp3) is 0.632. The Bertz CT molecular complexity index is 639. The maximum Gasteiger partial charge on any atom is 0.193 e. The predicted octanol–water partition coefficient (Wildman–Crippen LogP) is 3.13. The van der Waals surface area contributed by atoms with Gasteiger partial charge >= 0.3 is 0 Å². The molecule has 0 radical (unpaired) electrons. The first-order valence-electron chi connectivity index (χ1n) is 9.18. The molecule has 27 heavy (non-hydrogen) atoms. The van der Waals surface area contributed by atoms with Gasteiger partial charge in [0.15, 0.2) is 12.8 Å². The summed E-state index contributed by atoms with van der Waals surface area (Å²) in [6, 6.07) is 2.97. The molecule has 1 saturated heterocycles. The lowest BCUT2D eigenvalue weighted by atomic mass is 9.96. The molecule has 0 saturated carbocycles. The molecular weight excluding hydrogens is 464 g/mol. The lowest BCUT2D eigenvalue weighted by Crippen LogP contribution is -2.39. The molecule has 1 fully saturated rings. The molecule has 0 aliphatic carbocycles. The molecule has 1 aromatic carbocycles. The molecule has 152 valence electrons. The van der Waals surface area contributed by atoms with E-state index in [1.165, 1.54) is 12.1 Å². The Kier molecular flexibility index (Phi) is 9.04. The third-order valence-electron chi connectivity index (χ3n) is 4.98. The minimum Gasteiger partial charge on any atom is -0.467 e. The molecular formula is C19H29FIN3O3. The molecule has 1 aromatic rings. The second-order valence-corrected chi connectivity index (χ2v) is 6.83. The Labute approximate surface area is 177 Å². The Morgan fingerprint density at radius 1 is 1.30 bits per heavy atom. The van der Waals surface area contributed by atoms with Gasteiger partial charge in [-0.15, -0.1) is 24.0 Å². The maximum atomic E-state index is 13.9. The summed E-state index contributed by atoms with van der Waals surface area (Å²) in [6.45, 7) is 3.70. The Morgan fingerprint density at radius 2 is 2.07 bits per heavy atom. The standard InChI is InChI=1S/C19H28FN3O3.HI/c1-21-19(23(2)6-3-14-4-7-24-8-5-14)22-11-15-9-17(20)10-16-12-25-13-26-18(15)16;/h9-10,14H,3-8,11-13H2,1-2H3,(H,21,22);1H. The highest BCUT2D eigenvalue weighted by atomic mass is 127. The summed E-state index contributed by atoms with van der Waals surface area (Å²) < 4.78 is 30.1. The van der Waals surface area contributed by atoms with E-state index in [-0.39, 0.29) is 36.6 Å². The van der Waals surface area contributed by atoms with E-state index >= 15 is 0 Å². The van der Waals surface area contributed by atoms with Crippen LogP contribution >= 0.6 is 24.0 Å². The van der Waals surface area contributed by atoms with Crippen molar-refractivity contribution in [2.45, 2.75) is 32.4 Å². The van der Waals surface area contributed by atoms with Crippen LogP contribution in [-0.4, -0.2) is 51.5 Å². The molecule has 0 atom stereocenters. The van der Waals surface area contributed by atoms with Gasteiger partial charge in [0.2, 0.25) is 0 Å². The molecule has 0 unspecified atom stereocenters. The molecule has 2 aliphatic heterocycles. The third kappa shape index (κ3) is 6.18. The minimum atomic E-state index is -0.280. The van der Waals surface area contributed by atoms with Gasteiger partial charge in [0.1, 0.15) is 11.6 Å². The van der Waals surface area contributed by atoms with Crippen LogP contribution in [0.25, 0.3) is 0 Å². The first-order chi connectivity index (χ1) is 12.7. The summed E-state index contributed by atoms with van der Waals surface area (Å²) in [5, 5.41) is 3.31. The topological polar surface area (TPSA) is 55.3 Å². The van der Waals surface area contributed by atoms with Crippen LogP contribution in [0.4, 0.5) is 4.39 Å². The summed E-state index contributed by atoms with van der Waals surface area (Å²) in [7, 11) is 3.79. The van der Waals surface area contributed by atoms with Gasteiger partial charge in [-0.3, -0.25) is 4.99 Å². The number of halogens is 2. The monoisotopic (exact) mass is 493 g/mol. The number of rotatable bonds is 5. The normalized spacial score (nSPS) is 17.5. The average molecular weight is 493 g/mol. The molecule has 8 heteroatoms. The number of nitrogens with zero attached hydrogens (tertiary/aromatic N) is 2. The van der Waals surface area contributed by atoms with E-state index in [1.807, 2.05) is 7.05 Å². The number of benzene rings is 1. The fourth-order valence-electron chi connectivity index (χ4n) is 3.46. The van der Waals surface area contributed by atoms with Crippen molar-refractivity contribution in [3.63, 3.8) is 0 Å². The van der Waals surface area contributed by atoms with Gasteiger partial charge in [0, 0.05) is 51.5 Å². The molecule has 0 bridgehead atoms. The Balaban J connectivity index is 0.00000261. The fourth-order valence-corrected chi connectivity index (χ4v) is 3.46. The van der Waals surface area contributed by atoms with Gasteiger partial charge in [-0.25, -0.2) is 4.39 Å². The number of fused-ring (bicyclic) bond motifs is 1. The van der Waals surface area contributed by atoms with E-state index in [9.17, 15) is 4.39 Å². The van der Waals surface area contributed by atoms with E-state index < -0.39 is 0 Å². The van der Waals surface area contributed by atoms with Crippen LogP contribution < -0.4 is 10.1 Å². The SMILES string of the molecule is CN=C(NCc1cc(F)cc2c1OCOC2)N(C)CCC1CCOCC1.I. The number of hydrogen-bond donors (Lipinski definition) is 1. The van der Waals surface area contributed by atoms with E-state index in [2.05, 4.69) is 15.2 Å². The Morgan fingerprint density at radius 3 is 2.81 bits per heavy atom. The molecule has 3 rings (SSSR count). The molecule has 0 aromatic heterocycles. The average Bonchev–Trinajstić information content (AvgIpc) is 2.67. The molecule has 2 aliphatic rings. The first-order valence-corrected chi connectivity index (χ1v) is 9.18. The van der Waals surface area contributed by atoms with E-state index in [0.717, 1.165) is 56.1 Å². The van der Waals surface area contributed by atoms with Gasteiger partial charge in [-0.1, -0.05) is 0 Å². The Hall–Kier alpha value is -1.13. The van der Waals surface area contributed by atoms with Crippen LogP contribution in [-0.2, 0) is 22.6 Å². The number of aliphatic imine (C=N–C) groups is 1. The predicted molar refractivity (Wildman–Crippen MR) is 113 cm³/mol. The van der Waals surface area contributed by atoms with Crippen molar-refractivity contribution in [3.05, 3.63) is 29.1 Å². The lowest BCUT2D eigenvalue weighted by molar-refractivity contribution is -0.0173. The summed E-state index contributed by atoms with van der Waals surface area (Å²) in [5.74, 6) is 1.94. The van der Waals surface area contributed by atoms with Gasteiger partial charge in [0.25, 0.3) is 0 Å². The highest BCUT2D eigenvalue weighted by Gasteiger charge is 2.18. The van der Waals surface area contributed by atoms with E-state index in [1.54, 1.807) is 7.05 Å². The molecule has 0 amide bonds. The smallest absolute Gasteiger partial charge is 0.193 e. The van der Waals surface area contributed by atoms with E-state index in [0.29, 0.717) is 24.8 Å². The van der Waals surface area contributed by atoms with Gasteiger partial charge in [-0.05, 0) is 37.3 Å². The van der Waals surface area contributed by atoms with Crippen molar-refractivity contribution in [1.29, 1.82) is 0 Å². The van der Waals surface area contributed by atoms with Crippen LogP contribution in [0.2, 0.25) is 0 Å². The number of guanidine groups is 1. The summed E-state index contributed by atoms with van der Waals surface area (Å²) in [6.07, 6.45) is 3.39. The highest BCUT2D eigenvalue weighted by Crippen LogP contribution is 2.29. The van der Waals surface area contributed by atoms with Gasteiger partial charge in [0.05, 0.1) is 6.61 Å². The van der Waals surface area contributed by atoms with E-state index in [4.69, 9.17) is 14.2 Å². The summed E-state index contributed by atoms with van der Waals surface area (Å²) >= 11 is 0. The van der Waals surface area contributed by atoms with Gasteiger partial charge in [-0.2, -0.15) is 0 Å². The molecule has 6 nitrogen and oxygen atoms in total. The first kappa shape index (κ1) is 22.2. The van der Waals surface area contributed by atoms with Crippen LogP contribution in [0.1, 0.15) is 30.4 Å². The zero-order valence-corrected chi connectivity index (χ0v) is 18.3. The zero-order chi connectivity index (χ0) is 18.4. The third-order valence-corrected chi connectivity index (χ3v) is 4.98. The van der Waals surface area contributed by atoms with Crippen molar-refractivity contribution in [2.75, 3.05) is 40.6 Å². The van der Waals surface area contributed by atoms with Crippen molar-refractivity contribution in [2.24, 2.45) is 10.9 Å². The second kappa shape index (κ2) is 11.0. The molecule has 2 heterocycles. The molecule has 0 spiro atoms. The second-order valence-electron chi connectivity index (χ2n) is 6.83. The minimum absolute atomic E-state index is 0. The van der Waals surface area contributed by atoms with Crippen LogP contribution in [0.3, 0.4) is 0 Å². The van der Waals surface area contributed by atoms with Crippen molar-refractivity contribution < 1.29 is 18.6 Å². The maximum absolute atomic E-state index is 13.9. The number of nitrogens with one attached hydrogen (secondary N) is 1. The van der Waals surface area contributed by atoms with Crippen molar-refractivity contribution in [3.8, 4) is 5.75 Å². The van der Waals surface area contributed by atoms with Crippen LogP contribution in [0.15, 0.2) is 17.1 Å².